The second-order valence-corrected chi connectivity index (χ2v) is 5.00. The normalized spacial score (nSPS) is 36.6. The van der Waals surface area contributed by atoms with Crippen molar-refractivity contribution in [3.05, 3.63) is 23.5 Å². The van der Waals surface area contributed by atoms with Crippen molar-refractivity contribution in [3.8, 4) is 0 Å². The zero-order valence-electron chi connectivity index (χ0n) is 8.40. The van der Waals surface area contributed by atoms with Crippen LogP contribution in [0.5, 0.6) is 0 Å². The summed E-state index contributed by atoms with van der Waals surface area (Å²) in [5, 5.41) is 0. The Morgan fingerprint density at radius 1 is 1.43 bits per heavy atom. The molecule has 1 aromatic heterocycles. The van der Waals surface area contributed by atoms with Gasteiger partial charge in [-0.2, -0.15) is 0 Å². The molecule has 2 heterocycles. The van der Waals surface area contributed by atoms with Crippen LogP contribution in [0.2, 0.25) is 0 Å². The second kappa shape index (κ2) is 2.13. The number of fused-ring (bicyclic) bond motifs is 2. The van der Waals surface area contributed by atoms with E-state index in [4.69, 9.17) is 0 Å². The molecular formula is C12H14N2. The van der Waals surface area contributed by atoms with E-state index >= 15 is 0 Å². The van der Waals surface area contributed by atoms with Crippen LogP contribution in [0.15, 0.2) is 12.3 Å². The van der Waals surface area contributed by atoms with Crippen molar-refractivity contribution in [3.63, 3.8) is 0 Å². The van der Waals surface area contributed by atoms with Gasteiger partial charge in [0, 0.05) is 25.2 Å². The SMILES string of the molecule is CN1CCc2cc(C3C4CC43)ncc21. The molecule has 2 nitrogen and oxygen atoms in total. The maximum absolute atomic E-state index is 4.60. The van der Waals surface area contributed by atoms with E-state index in [0.29, 0.717) is 0 Å². The van der Waals surface area contributed by atoms with Crippen LogP contribution in [0, 0.1) is 11.8 Å². The van der Waals surface area contributed by atoms with Gasteiger partial charge < -0.3 is 4.90 Å². The summed E-state index contributed by atoms with van der Waals surface area (Å²) < 4.78 is 0. The lowest BCUT2D eigenvalue weighted by molar-refractivity contribution is 0.751. The molecule has 0 aromatic carbocycles. The molecule has 4 rings (SSSR count). The van der Waals surface area contributed by atoms with Gasteiger partial charge in [-0.3, -0.25) is 4.98 Å². The molecule has 2 atom stereocenters. The van der Waals surface area contributed by atoms with E-state index in [1.165, 1.54) is 29.8 Å². The quantitative estimate of drug-likeness (QED) is 0.665. The summed E-state index contributed by atoms with van der Waals surface area (Å²) in [6, 6.07) is 2.36. The summed E-state index contributed by atoms with van der Waals surface area (Å²) in [7, 11) is 2.15. The molecule has 2 unspecified atom stereocenters. The molecular weight excluding hydrogens is 172 g/mol. The zero-order chi connectivity index (χ0) is 9.28. The second-order valence-electron chi connectivity index (χ2n) is 5.00. The highest BCUT2D eigenvalue weighted by molar-refractivity contribution is 5.57. The third kappa shape index (κ3) is 0.794. The van der Waals surface area contributed by atoms with E-state index in [1.807, 2.05) is 0 Å². The number of aromatic nitrogens is 1. The monoisotopic (exact) mass is 186 g/mol. The number of hydrogen-bond donors (Lipinski definition) is 0. The summed E-state index contributed by atoms with van der Waals surface area (Å²) in [5.41, 5.74) is 4.24. The molecule has 2 heteroatoms. The molecule has 1 aromatic rings. The predicted molar refractivity (Wildman–Crippen MR) is 55.5 cm³/mol. The van der Waals surface area contributed by atoms with Gasteiger partial charge in [-0.15, -0.1) is 0 Å². The Morgan fingerprint density at radius 3 is 3.00 bits per heavy atom. The van der Waals surface area contributed by atoms with Gasteiger partial charge in [-0.25, -0.2) is 0 Å². The molecule has 0 radical (unpaired) electrons. The Morgan fingerprint density at radius 2 is 2.29 bits per heavy atom. The fourth-order valence-electron chi connectivity index (χ4n) is 2.86. The van der Waals surface area contributed by atoms with Crippen molar-refractivity contribution >= 4 is 5.69 Å². The highest BCUT2D eigenvalue weighted by Crippen LogP contribution is 2.73. The van der Waals surface area contributed by atoms with Crippen molar-refractivity contribution in [1.82, 2.24) is 4.98 Å². The number of likely N-dealkylation sites (N-methyl/N-ethyl adjacent to an activating group) is 1. The van der Waals surface area contributed by atoms with Crippen molar-refractivity contribution in [2.75, 3.05) is 18.5 Å². The third-order valence-electron chi connectivity index (χ3n) is 4.13. The fraction of sp³-hybridized carbons (Fsp3) is 0.583. The minimum absolute atomic E-state index is 0.853. The molecule has 0 N–H and O–H groups in total. The van der Waals surface area contributed by atoms with Gasteiger partial charge >= 0.3 is 0 Å². The van der Waals surface area contributed by atoms with E-state index in [0.717, 1.165) is 24.3 Å². The topological polar surface area (TPSA) is 16.1 Å². The highest BCUT2D eigenvalue weighted by atomic mass is 15.1. The molecule has 2 aliphatic carbocycles. The minimum atomic E-state index is 0.853. The molecule has 2 saturated carbocycles. The molecule has 0 saturated heterocycles. The zero-order valence-corrected chi connectivity index (χ0v) is 8.40. The van der Waals surface area contributed by atoms with E-state index in [2.05, 4.69) is 29.2 Å². The molecule has 0 spiro atoms. The smallest absolute Gasteiger partial charge is 0.0583 e. The van der Waals surface area contributed by atoms with E-state index in [9.17, 15) is 0 Å². The van der Waals surface area contributed by atoms with Gasteiger partial charge in [0.1, 0.15) is 0 Å². The highest BCUT2D eigenvalue weighted by Gasteiger charge is 2.65. The Hall–Kier alpha value is -1.05. The molecule has 72 valence electrons. The Balaban J connectivity index is 1.74. The lowest BCUT2D eigenvalue weighted by atomic mass is 10.1. The Kier molecular flexibility index (Phi) is 1.10. The van der Waals surface area contributed by atoms with Crippen LogP contribution in [-0.2, 0) is 6.42 Å². The van der Waals surface area contributed by atoms with Gasteiger partial charge in [0.15, 0.2) is 0 Å². The molecule has 0 amide bonds. The summed E-state index contributed by atoms with van der Waals surface area (Å²) >= 11 is 0. The van der Waals surface area contributed by atoms with Crippen molar-refractivity contribution < 1.29 is 0 Å². The van der Waals surface area contributed by atoms with Crippen LogP contribution in [0.25, 0.3) is 0 Å². The van der Waals surface area contributed by atoms with E-state index in [-0.39, 0.29) is 0 Å². The first kappa shape index (κ1) is 7.27. The van der Waals surface area contributed by atoms with Crippen molar-refractivity contribution in [2.24, 2.45) is 11.8 Å². The van der Waals surface area contributed by atoms with Crippen LogP contribution in [0.1, 0.15) is 23.6 Å². The van der Waals surface area contributed by atoms with Crippen LogP contribution >= 0.6 is 0 Å². The molecule has 2 fully saturated rings. The summed E-state index contributed by atoms with van der Waals surface area (Å²) in [5.74, 6) is 2.91. The lowest BCUT2D eigenvalue weighted by Gasteiger charge is -2.12. The first-order valence-electron chi connectivity index (χ1n) is 5.54. The third-order valence-corrected chi connectivity index (χ3v) is 4.13. The van der Waals surface area contributed by atoms with Gasteiger partial charge in [0.05, 0.1) is 11.9 Å². The largest absolute Gasteiger partial charge is 0.373 e. The fourth-order valence-corrected chi connectivity index (χ4v) is 2.86. The summed E-state index contributed by atoms with van der Waals surface area (Å²) in [6.45, 7) is 1.16. The standard InChI is InChI=1S/C12H14N2/c1-14-3-2-7-4-10(13-6-11(7)14)12-8-5-9(8)12/h4,6,8-9,12H,2-3,5H2,1H3. The summed E-state index contributed by atoms with van der Waals surface area (Å²) in [6.07, 6.45) is 4.77. The number of rotatable bonds is 1. The predicted octanol–water partition coefficient (Wildman–Crippen LogP) is 1.81. The van der Waals surface area contributed by atoms with Gasteiger partial charge in [-0.1, -0.05) is 0 Å². The molecule has 0 bridgehead atoms. The first-order chi connectivity index (χ1) is 6.84. The lowest BCUT2D eigenvalue weighted by Crippen LogP contribution is -2.12. The van der Waals surface area contributed by atoms with Crippen molar-refractivity contribution in [2.45, 2.75) is 18.8 Å². The minimum Gasteiger partial charge on any atom is -0.373 e. The number of hydrogen-bond acceptors (Lipinski definition) is 2. The summed E-state index contributed by atoms with van der Waals surface area (Å²) in [4.78, 5) is 6.91. The number of anilines is 1. The molecule has 1 aliphatic heterocycles. The first-order valence-corrected chi connectivity index (χ1v) is 5.54. The Labute approximate surface area is 83.9 Å². The van der Waals surface area contributed by atoms with E-state index in [1.54, 1.807) is 0 Å². The number of pyridine rings is 1. The van der Waals surface area contributed by atoms with Crippen LogP contribution < -0.4 is 4.90 Å². The van der Waals surface area contributed by atoms with Gasteiger partial charge in [0.25, 0.3) is 0 Å². The van der Waals surface area contributed by atoms with Crippen LogP contribution in [-0.4, -0.2) is 18.6 Å². The Bertz CT molecular complexity index is 405. The molecule has 14 heavy (non-hydrogen) atoms. The van der Waals surface area contributed by atoms with E-state index < -0.39 is 0 Å². The van der Waals surface area contributed by atoms with Gasteiger partial charge in [0.2, 0.25) is 0 Å². The number of nitrogens with zero attached hydrogens (tertiary/aromatic N) is 2. The average Bonchev–Trinajstić information content (AvgIpc) is 3.03. The maximum Gasteiger partial charge on any atom is 0.0583 e. The average molecular weight is 186 g/mol. The maximum atomic E-state index is 4.60. The molecule has 3 aliphatic rings. The van der Waals surface area contributed by atoms with Crippen LogP contribution in [0.4, 0.5) is 5.69 Å². The van der Waals surface area contributed by atoms with Gasteiger partial charge in [-0.05, 0) is 36.3 Å². The van der Waals surface area contributed by atoms with Crippen LogP contribution in [0.3, 0.4) is 0 Å². The van der Waals surface area contributed by atoms with Crippen molar-refractivity contribution in [1.29, 1.82) is 0 Å².